The Morgan fingerprint density at radius 2 is 1.77 bits per heavy atom. The molecule has 1 aliphatic heterocycles. The zero-order valence-corrected chi connectivity index (χ0v) is 19.5. The first-order chi connectivity index (χ1) is 16.8. The molecule has 0 atom stereocenters. The van der Waals surface area contributed by atoms with Crippen molar-refractivity contribution < 1.29 is 24.0 Å². The van der Waals surface area contributed by atoms with Gasteiger partial charge < -0.3 is 19.7 Å². The van der Waals surface area contributed by atoms with Gasteiger partial charge in [-0.2, -0.15) is 0 Å². The van der Waals surface area contributed by atoms with E-state index in [0.717, 1.165) is 12.8 Å². The second-order valence-corrected chi connectivity index (χ2v) is 7.92. The molecule has 2 heterocycles. The Hall–Kier alpha value is -4.48. The van der Waals surface area contributed by atoms with Crippen molar-refractivity contribution in [2.75, 3.05) is 32.6 Å². The number of ether oxygens (including phenoxy) is 2. The molecule has 35 heavy (non-hydrogen) atoms. The number of aromatic nitrogens is 3. The Morgan fingerprint density at radius 1 is 1.09 bits per heavy atom. The Bertz CT molecular complexity index is 1300. The van der Waals surface area contributed by atoms with E-state index >= 15 is 0 Å². The number of non-ortho nitro benzene ring substituents is 1. The number of likely N-dealkylation sites (tertiary alicyclic amines) is 1. The quantitative estimate of drug-likeness (QED) is 0.402. The zero-order valence-electron chi connectivity index (χ0n) is 19.5. The van der Waals surface area contributed by atoms with E-state index in [2.05, 4.69) is 15.6 Å². The maximum absolute atomic E-state index is 13.2. The van der Waals surface area contributed by atoms with Gasteiger partial charge in [0.1, 0.15) is 0 Å². The summed E-state index contributed by atoms with van der Waals surface area (Å²) in [4.78, 5) is 38.7. The largest absolute Gasteiger partial charge is 0.493 e. The van der Waals surface area contributed by atoms with Gasteiger partial charge in [-0.25, -0.2) is 4.68 Å². The third-order valence-corrected chi connectivity index (χ3v) is 5.79. The SMILES string of the molecule is COc1cc(NC(=O)c2nnn(-c3cccc([N+](=O)[O-])c3)c2C)c(C(=O)N2CCCC2)cc1OC. The summed E-state index contributed by atoms with van der Waals surface area (Å²) in [6.07, 6.45) is 1.83. The molecule has 12 nitrogen and oxygen atoms in total. The Morgan fingerprint density at radius 3 is 2.43 bits per heavy atom. The lowest BCUT2D eigenvalue weighted by molar-refractivity contribution is -0.384. The molecule has 4 rings (SSSR count). The minimum Gasteiger partial charge on any atom is -0.493 e. The fraction of sp³-hybridized carbons (Fsp3) is 0.304. The molecule has 0 saturated carbocycles. The van der Waals surface area contributed by atoms with Crippen LogP contribution < -0.4 is 14.8 Å². The van der Waals surface area contributed by atoms with Gasteiger partial charge in [-0.05, 0) is 31.9 Å². The number of nitrogens with one attached hydrogen (secondary N) is 1. The number of benzene rings is 2. The summed E-state index contributed by atoms with van der Waals surface area (Å²) < 4.78 is 12.0. The lowest BCUT2D eigenvalue weighted by atomic mass is 10.1. The summed E-state index contributed by atoms with van der Waals surface area (Å²) in [6, 6.07) is 8.91. The van der Waals surface area contributed by atoms with Crippen molar-refractivity contribution in [3.8, 4) is 17.2 Å². The molecule has 1 aliphatic rings. The van der Waals surface area contributed by atoms with Crippen LogP contribution in [0.3, 0.4) is 0 Å². The first-order valence-corrected chi connectivity index (χ1v) is 10.9. The molecular weight excluding hydrogens is 456 g/mol. The van der Waals surface area contributed by atoms with E-state index in [9.17, 15) is 19.7 Å². The van der Waals surface area contributed by atoms with Gasteiger partial charge in [0, 0.05) is 31.3 Å². The van der Waals surface area contributed by atoms with Crippen LogP contribution in [-0.2, 0) is 0 Å². The van der Waals surface area contributed by atoms with E-state index < -0.39 is 10.8 Å². The van der Waals surface area contributed by atoms with Crippen molar-refractivity contribution in [2.24, 2.45) is 0 Å². The summed E-state index contributed by atoms with van der Waals surface area (Å²) in [6.45, 7) is 2.90. The number of nitro benzene ring substituents is 1. The molecule has 0 unspecified atom stereocenters. The third-order valence-electron chi connectivity index (χ3n) is 5.79. The highest BCUT2D eigenvalue weighted by Crippen LogP contribution is 2.35. The molecule has 3 aromatic rings. The van der Waals surface area contributed by atoms with Gasteiger partial charge >= 0.3 is 0 Å². The van der Waals surface area contributed by atoms with Crippen molar-refractivity contribution in [1.29, 1.82) is 0 Å². The van der Waals surface area contributed by atoms with Crippen LogP contribution in [0.25, 0.3) is 5.69 Å². The number of carbonyl (C=O) groups excluding carboxylic acids is 2. The Balaban J connectivity index is 1.68. The molecule has 0 bridgehead atoms. The van der Waals surface area contributed by atoms with Crippen LogP contribution in [0.2, 0.25) is 0 Å². The fourth-order valence-electron chi connectivity index (χ4n) is 3.95. The predicted molar refractivity (Wildman–Crippen MR) is 125 cm³/mol. The van der Waals surface area contributed by atoms with Crippen LogP contribution in [0.4, 0.5) is 11.4 Å². The molecule has 12 heteroatoms. The minimum atomic E-state index is -0.595. The molecule has 1 saturated heterocycles. The summed E-state index contributed by atoms with van der Waals surface area (Å²) in [5.74, 6) is -0.115. The molecule has 182 valence electrons. The summed E-state index contributed by atoms with van der Waals surface area (Å²) in [5, 5.41) is 21.8. The van der Waals surface area contributed by atoms with Crippen LogP contribution in [0, 0.1) is 17.0 Å². The maximum atomic E-state index is 13.2. The van der Waals surface area contributed by atoms with Gasteiger partial charge in [-0.3, -0.25) is 19.7 Å². The fourth-order valence-corrected chi connectivity index (χ4v) is 3.95. The number of hydrogen-bond acceptors (Lipinski definition) is 8. The molecule has 2 aromatic carbocycles. The monoisotopic (exact) mass is 480 g/mol. The van der Waals surface area contributed by atoms with E-state index in [1.165, 1.54) is 43.2 Å². The number of anilines is 1. The second kappa shape index (κ2) is 9.79. The number of carbonyl (C=O) groups is 2. The summed E-state index contributed by atoms with van der Waals surface area (Å²) in [5.41, 5.74) is 1.16. The van der Waals surface area contributed by atoms with Crippen LogP contribution in [-0.4, -0.2) is 63.9 Å². The normalized spacial score (nSPS) is 12.9. The van der Waals surface area contributed by atoms with Gasteiger partial charge in [-0.1, -0.05) is 11.3 Å². The first-order valence-electron chi connectivity index (χ1n) is 10.9. The number of rotatable bonds is 7. The molecular formula is C23H24N6O6. The van der Waals surface area contributed by atoms with Crippen molar-refractivity contribution in [2.45, 2.75) is 19.8 Å². The lowest BCUT2D eigenvalue weighted by Gasteiger charge is -2.20. The highest BCUT2D eigenvalue weighted by molar-refractivity contribution is 6.09. The molecule has 1 N–H and O–H groups in total. The predicted octanol–water partition coefficient (Wildman–Crippen LogP) is 2.99. The van der Waals surface area contributed by atoms with Gasteiger partial charge in [0.2, 0.25) is 0 Å². The summed E-state index contributed by atoms with van der Waals surface area (Å²) >= 11 is 0. The number of nitro groups is 1. The van der Waals surface area contributed by atoms with E-state index in [0.29, 0.717) is 36.0 Å². The number of hydrogen-bond donors (Lipinski definition) is 1. The van der Waals surface area contributed by atoms with Crippen LogP contribution >= 0.6 is 0 Å². The van der Waals surface area contributed by atoms with Crippen LogP contribution in [0.5, 0.6) is 11.5 Å². The second-order valence-electron chi connectivity index (χ2n) is 7.92. The smallest absolute Gasteiger partial charge is 0.278 e. The van der Waals surface area contributed by atoms with Crippen molar-refractivity contribution >= 4 is 23.2 Å². The molecule has 2 amide bonds. The van der Waals surface area contributed by atoms with Crippen molar-refractivity contribution in [3.05, 3.63) is 63.5 Å². The van der Waals surface area contributed by atoms with Gasteiger partial charge in [0.25, 0.3) is 17.5 Å². The average molecular weight is 480 g/mol. The molecule has 0 aliphatic carbocycles. The van der Waals surface area contributed by atoms with E-state index in [1.54, 1.807) is 24.0 Å². The molecule has 1 aromatic heterocycles. The summed E-state index contributed by atoms with van der Waals surface area (Å²) in [7, 11) is 2.93. The number of nitrogens with zero attached hydrogens (tertiary/aromatic N) is 5. The molecule has 1 fully saturated rings. The van der Waals surface area contributed by atoms with Crippen molar-refractivity contribution in [1.82, 2.24) is 19.9 Å². The topological polar surface area (TPSA) is 142 Å². The van der Waals surface area contributed by atoms with Crippen LogP contribution in [0.15, 0.2) is 36.4 Å². The maximum Gasteiger partial charge on any atom is 0.278 e. The highest BCUT2D eigenvalue weighted by atomic mass is 16.6. The minimum absolute atomic E-state index is 0.00543. The molecule has 0 radical (unpaired) electrons. The first kappa shape index (κ1) is 23.7. The molecule has 0 spiro atoms. The van der Waals surface area contributed by atoms with E-state index in [4.69, 9.17) is 9.47 Å². The Labute approximate surface area is 200 Å². The van der Waals surface area contributed by atoms with E-state index in [1.807, 2.05) is 0 Å². The van der Waals surface area contributed by atoms with Gasteiger partial charge in [0.15, 0.2) is 17.2 Å². The van der Waals surface area contributed by atoms with Crippen LogP contribution in [0.1, 0.15) is 39.4 Å². The van der Waals surface area contributed by atoms with Crippen molar-refractivity contribution in [3.63, 3.8) is 0 Å². The highest BCUT2D eigenvalue weighted by Gasteiger charge is 2.26. The number of amides is 2. The average Bonchev–Trinajstić information content (AvgIpc) is 3.53. The third kappa shape index (κ3) is 4.63. The van der Waals surface area contributed by atoms with E-state index in [-0.39, 0.29) is 28.5 Å². The van der Waals surface area contributed by atoms with Gasteiger partial charge in [-0.15, -0.1) is 5.10 Å². The number of methoxy groups -OCH3 is 2. The standard InChI is InChI=1S/C23H24N6O6/c1-14-21(25-26-28(14)15-7-6-8-16(11-15)29(32)33)22(30)24-18-13-20(35-3)19(34-2)12-17(18)23(31)27-9-4-5-10-27/h6-8,11-13H,4-5,9-10H2,1-3H3,(H,24,30). The lowest BCUT2D eigenvalue weighted by Crippen LogP contribution is -2.29. The van der Waals surface area contributed by atoms with Gasteiger partial charge in [0.05, 0.1) is 41.8 Å². The Kier molecular flexibility index (Phi) is 6.62. The zero-order chi connectivity index (χ0) is 25.1.